The van der Waals surface area contributed by atoms with Crippen LogP contribution >= 0.6 is 11.3 Å². The smallest absolute Gasteiger partial charge is 0.137 e. The standard InChI is InChI=1S/C57H33N3S/c1-2-15-37-35(14-1)32-48(41-19-4-3-16-38(37)41)46-24-13-25-47-52-53-51-42-20-7-5-17-39(42)40-18-6-8-21-43(40)54(51)60(55(53)44-22-9-10-23-45(44)57(52)61-56(46)47)36-29-27-34(28-30-36)49-33-59-31-12-11-26-50(59)58-49/h1-33H. The summed E-state index contributed by atoms with van der Waals surface area (Å²) in [5, 5.41) is 17.9. The number of aromatic nitrogens is 3. The number of pyridine rings is 1. The number of rotatable bonds is 3. The Bertz CT molecular complexity index is 4130. The van der Waals surface area contributed by atoms with Crippen LogP contribution in [-0.4, -0.2) is 14.0 Å². The Labute approximate surface area is 353 Å². The minimum absolute atomic E-state index is 0.942. The zero-order valence-electron chi connectivity index (χ0n) is 32.8. The molecule has 0 unspecified atom stereocenters. The van der Waals surface area contributed by atoms with Gasteiger partial charge >= 0.3 is 0 Å². The third-order valence-electron chi connectivity index (χ3n) is 13.1. The molecular formula is C57H33N3S. The summed E-state index contributed by atoms with van der Waals surface area (Å²) in [6.45, 7) is 0. The van der Waals surface area contributed by atoms with Gasteiger partial charge in [0.05, 0.1) is 16.7 Å². The molecule has 0 fully saturated rings. The molecule has 282 valence electrons. The lowest BCUT2D eigenvalue weighted by Crippen LogP contribution is -1.96. The van der Waals surface area contributed by atoms with E-state index in [2.05, 4.69) is 197 Å². The summed E-state index contributed by atoms with van der Waals surface area (Å²) in [5.74, 6) is 0. The van der Waals surface area contributed by atoms with Crippen molar-refractivity contribution >= 4 is 113 Å². The average molecular weight is 792 g/mol. The van der Waals surface area contributed by atoms with Crippen LogP contribution in [0.15, 0.2) is 200 Å². The second kappa shape index (κ2) is 12.4. The topological polar surface area (TPSA) is 22.2 Å². The van der Waals surface area contributed by atoms with Gasteiger partial charge in [-0.15, -0.1) is 11.3 Å². The molecule has 61 heavy (non-hydrogen) atoms. The molecule has 4 aromatic heterocycles. The van der Waals surface area contributed by atoms with E-state index in [-0.39, 0.29) is 0 Å². The zero-order valence-corrected chi connectivity index (χ0v) is 33.6. The number of thiophene rings is 1. The number of imidazole rings is 1. The number of hydrogen-bond donors (Lipinski definition) is 0. The van der Waals surface area contributed by atoms with Gasteiger partial charge in [-0.05, 0) is 73.6 Å². The summed E-state index contributed by atoms with van der Waals surface area (Å²) in [6, 6.07) is 69.4. The van der Waals surface area contributed by atoms with Gasteiger partial charge < -0.3 is 8.97 Å². The molecule has 14 aromatic rings. The number of hydrogen-bond acceptors (Lipinski definition) is 2. The summed E-state index contributed by atoms with van der Waals surface area (Å²) in [5.41, 5.74) is 9.14. The maximum Gasteiger partial charge on any atom is 0.137 e. The average Bonchev–Trinajstić information content (AvgIpc) is 4.05. The van der Waals surface area contributed by atoms with Crippen LogP contribution in [0.4, 0.5) is 0 Å². The highest BCUT2D eigenvalue weighted by molar-refractivity contribution is 7.27. The molecule has 0 aliphatic heterocycles. The molecule has 0 N–H and O–H groups in total. The zero-order chi connectivity index (χ0) is 39.8. The molecule has 0 amide bonds. The van der Waals surface area contributed by atoms with E-state index in [1.807, 2.05) is 23.5 Å². The van der Waals surface area contributed by atoms with E-state index in [1.54, 1.807) is 0 Å². The van der Waals surface area contributed by atoms with Crippen LogP contribution in [0.1, 0.15) is 0 Å². The summed E-state index contributed by atoms with van der Waals surface area (Å²) in [4.78, 5) is 4.97. The summed E-state index contributed by atoms with van der Waals surface area (Å²) >= 11 is 1.95. The van der Waals surface area contributed by atoms with Crippen molar-refractivity contribution in [3.63, 3.8) is 0 Å². The van der Waals surface area contributed by atoms with Gasteiger partial charge in [0.25, 0.3) is 0 Å². The minimum Gasteiger partial charge on any atom is -0.308 e. The Kier molecular flexibility index (Phi) is 6.71. The van der Waals surface area contributed by atoms with Crippen LogP contribution in [0, 0.1) is 0 Å². The third kappa shape index (κ3) is 4.54. The Balaban J connectivity index is 1.16. The maximum atomic E-state index is 4.97. The predicted molar refractivity (Wildman–Crippen MR) is 261 cm³/mol. The lowest BCUT2D eigenvalue weighted by Gasteiger charge is -2.13. The first-order valence-corrected chi connectivity index (χ1v) is 21.7. The molecule has 0 spiro atoms. The van der Waals surface area contributed by atoms with Crippen molar-refractivity contribution in [2.45, 2.75) is 0 Å². The first-order chi connectivity index (χ1) is 30.3. The van der Waals surface area contributed by atoms with Gasteiger partial charge in [0.15, 0.2) is 0 Å². The molecule has 14 rings (SSSR count). The second-order valence-corrected chi connectivity index (χ2v) is 17.3. The largest absolute Gasteiger partial charge is 0.308 e. The molecule has 4 heteroatoms. The molecule has 0 saturated carbocycles. The molecule has 0 bridgehead atoms. The van der Waals surface area contributed by atoms with Gasteiger partial charge in [0.1, 0.15) is 5.65 Å². The van der Waals surface area contributed by atoms with Crippen LogP contribution in [0.5, 0.6) is 0 Å². The third-order valence-corrected chi connectivity index (χ3v) is 14.3. The van der Waals surface area contributed by atoms with Gasteiger partial charge in [-0.3, -0.25) is 0 Å². The van der Waals surface area contributed by atoms with Crippen LogP contribution < -0.4 is 0 Å². The summed E-state index contributed by atoms with van der Waals surface area (Å²) in [6.07, 6.45) is 4.17. The Morgan fingerprint density at radius 1 is 0.393 bits per heavy atom. The van der Waals surface area contributed by atoms with Gasteiger partial charge in [-0.25, -0.2) is 4.98 Å². The lowest BCUT2D eigenvalue weighted by molar-refractivity contribution is 1.19. The van der Waals surface area contributed by atoms with E-state index in [4.69, 9.17) is 4.98 Å². The fraction of sp³-hybridized carbons (Fsp3) is 0. The van der Waals surface area contributed by atoms with Crippen molar-refractivity contribution in [2.75, 3.05) is 0 Å². The van der Waals surface area contributed by atoms with Crippen molar-refractivity contribution < 1.29 is 0 Å². The number of nitrogens with zero attached hydrogens (tertiary/aromatic N) is 3. The van der Waals surface area contributed by atoms with Crippen LogP contribution in [0.25, 0.3) is 130 Å². The minimum atomic E-state index is 0.942. The summed E-state index contributed by atoms with van der Waals surface area (Å²) < 4.78 is 7.30. The van der Waals surface area contributed by atoms with Crippen molar-refractivity contribution in [3.8, 4) is 28.1 Å². The summed E-state index contributed by atoms with van der Waals surface area (Å²) in [7, 11) is 0. The molecule has 3 nitrogen and oxygen atoms in total. The predicted octanol–water partition coefficient (Wildman–Crippen LogP) is 15.9. The van der Waals surface area contributed by atoms with Crippen molar-refractivity contribution in [1.82, 2.24) is 14.0 Å². The molecule has 0 aliphatic rings. The normalized spacial score (nSPS) is 12.3. The Morgan fingerprint density at radius 2 is 0.984 bits per heavy atom. The molecule has 10 aromatic carbocycles. The number of fused-ring (bicyclic) bond motifs is 19. The number of benzene rings is 10. The highest BCUT2D eigenvalue weighted by atomic mass is 32.1. The van der Waals surface area contributed by atoms with Crippen LogP contribution in [0.3, 0.4) is 0 Å². The second-order valence-electron chi connectivity index (χ2n) is 16.2. The Morgan fingerprint density at radius 3 is 1.75 bits per heavy atom. The van der Waals surface area contributed by atoms with E-state index in [0.29, 0.717) is 0 Å². The van der Waals surface area contributed by atoms with Crippen LogP contribution in [-0.2, 0) is 0 Å². The molecule has 4 heterocycles. The quantitative estimate of drug-likeness (QED) is 0.163. The molecule has 0 saturated heterocycles. The van der Waals surface area contributed by atoms with Gasteiger partial charge in [0.2, 0.25) is 0 Å². The van der Waals surface area contributed by atoms with E-state index in [0.717, 1.165) is 22.6 Å². The van der Waals surface area contributed by atoms with E-state index < -0.39 is 0 Å². The highest BCUT2D eigenvalue weighted by Crippen LogP contribution is 2.53. The van der Waals surface area contributed by atoms with E-state index in [9.17, 15) is 0 Å². The SMILES string of the molecule is c1ccc2c(c1)cc(-c1cccc3c1sc1c4ccccc4c4c(c31)c1c3ccccc3c3ccccc3c1n4-c1ccc(-c3cn4ccccc4n3)cc1)c1ccccc12. The lowest BCUT2D eigenvalue weighted by atomic mass is 9.91. The first kappa shape index (κ1) is 33.1. The molecular weight excluding hydrogens is 759 g/mol. The molecule has 0 aliphatic carbocycles. The van der Waals surface area contributed by atoms with Crippen molar-refractivity contribution in [3.05, 3.63) is 200 Å². The van der Waals surface area contributed by atoms with E-state index in [1.165, 1.54) is 107 Å². The van der Waals surface area contributed by atoms with Gasteiger partial charge in [0, 0.05) is 76.3 Å². The fourth-order valence-corrected chi connectivity index (χ4v) is 11.9. The van der Waals surface area contributed by atoms with Crippen LogP contribution in [0.2, 0.25) is 0 Å². The first-order valence-electron chi connectivity index (χ1n) is 20.9. The fourth-order valence-electron chi connectivity index (χ4n) is 10.5. The van der Waals surface area contributed by atoms with Crippen molar-refractivity contribution in [1.29, 1.82) is 0 Å². The monoisotopic (exact) mass is 791 g/mol. The Hall–Kier alpha value is -7.79. The molecule has 0 atom stereocenters. The van der Waals surface area contributed by atoms with E-state index >= 15 is 0 Å². The van der Waals surface area contributed by atoms with Crippen molar-refractivity contribution in [2.24, 2.45) is 0 Å². The van der Waals surface area contributed by atoms with Gasteiger partial charge in [-0.1, -0.05) is 158 Å². The molecule has 0 radical (unpaired) electrons. The van der Waals surface area contributed by atoms with Gasteiger partial charge in [-0.2, -0.15) is 0 Å². The highest BCUT2D eigenvalue weighted by Gasteiger charge is 2.26. The maximum absolute atomic E-state index is 4.97.